The summed E-state index contributed by atoms with van der Waals surface area (Å²) in [5.41, 5.74) is 1.70. The van der Waals surface area contributed by atoms with Crippen LogP contribution < -0.4 is 10.1 Å². The molecule has 0 bridgehead atoms. The maximum Gasteiger partial charge on any atom is 0.230 e. The number of carbonyl (C=O) groups excluding carboxylic acids is 1. The Hall–Kier alpha value is -3.07. The third-order valence-electron chi connectivity index (χ3n) is 4.16. The monoisotopic (exact) mass is 383 g/mol. The van der Waals surface area contributed by atoms with Gasteiger partial charge in [-0.15, -0.1) is 5.10 Å². The number of aromatic hydroxyl groups is 1. The second-order valence-electron chi connectivity index (χ2n) is 5.97. The van der Waals surface area contributed by atoms with E-state index in [1.807, 2.05) is 24.3 Å². The Morgan fingerprint density at radius 3 is 2.93 bits per heavy atom. The number of aromatic nitrogens is 4. The Balaban J connectivity index is 1.40. The van der Waals surface area contributed by atoms with Gasteiger partial charge in [0.15, 0.2) is 0 Å². The molecule has 1 aliphatic heterocycles. The summed E-state index contributed by atoms with van der Waals surface area (Å²) >= 11 is 1.25. The summed E-state index contributed by atoms with van der Waals surface area (Å²) in [6.45, 7) is 0.578. The van der Waals surface area contributed by atoms with Crippen molar-refractivity contribution >= 4 is 17.7 Å². The standard InChI is InChI=1S/C18H17N5O3S/c24-13-7-5-12(6-8-13)23-18(20-21-22-23)27-11-17(25)19-15-9-10-26-16-4-2-1-3-14(15)16/h1-8,15,24H,9-11H2,(H,19,25). The van der Waals surface area contributed by atoms with Gasteiger partial charge < -0.3 is 15.2 Å². The number of fused-ring (bicyclic) bond motifs is 1. The van der Waals surface area contributed by atoms with Crippen LogP contribution in [0.5, 0.6) is 11.5 Å². The fraction of sp³-hybridized carbons (Fsp3) is 0.222. The van der Waals surface area contributed by atoms with Crippen LogP contribution in [-0.2, 0) is 4.79 Å². The quantitative estimate of drug-likeness (QED) is 0.651. The molecule has 0 spiro atoms. The molecular weight excluding hydrogens is 366 g/mol. The average Bonchev–Trinajstić information content (AvgIpc) is 3.16. The molecule has 0 saturated heterocycles. The third kappa shape index (κ3) is 3.87. The zero-order valence-corrected chi connectivity index (χ0v) is 15.1. The average molecular weight is 383 g/mol. The van der Waals surface area contributed by atoms with Crippen LogP contribution in [0.25, 0.3) is 5.69 Å². The van der Waals surface area contributed by atoms with Crippen molar-refractivity contribution in [1.82, 2.24) is 25.5 Å². The highest BCUT2D eigenvalue weighted by molar-refractivity contribution is 7.99. The maximum atomic E-state index is 12.4. The van der Waals surface area contributed by atoms with Gasteiger partial charge in [-0.3, -0.25) is 4.79 Å². The summed E-state index contributed by atoms with van der Waals surface area (Å²) in [6, 6.07) is 14.2. The Labute approximate surface area is 159 Å². The predicted molar refractivity (Wildman–Crippen MR) is 99.0 cm³/mol. The Morgan fingerprint density at radius 1 is 1.26 bits per heavy atom. The van der Waals surface area contributed by atoms with E-state index in [9.17, 15) is 9.90 Å². The summed E-state index contributed by atoms with van der Waals surface area (Å²) in [7, 11) is 0. The Morgan fingerprint density at radius 2 is 2.07 bits per heavy atom. The molecule has 27 heavy (non-hydrogen) atoms. The van der Waals surface area contributed by atoms with E-state index in [-0.39, 0.29) is 23.5 Å². The molecule has 9 heteroatoms. The zero-order valence-electron chi connectivity index (χ0n) is 14.3. The van der Waals surface area contributed by atoms with Gasteiger partial charge >= 0.3 is 0 Å². The molecule has 1 atom stereocenters. The molecule has 0 fully saturated rings. The van der Waals surface area contributed by atoms with Crippen LogP contribution >= 0.6 is 11.8 Å². The molecular formula is C18H17N5O3S. The molecule has 0 aliphatic carbocycles. The molecule has 0 saturated carbocycles. The first-order chi connectivity index (χ1) is 13.2. The highest BCUT2D eigenvalue weighted by atomic mass is 32.2. The minimum atomic E-state index is -0.0954. The van der Waals surface area contributed by atoms with Crippen molar-refractivity contribution in [2.75, 3.05) is 12.4 Å². The van der Waals surface area contributed by atoms with Crippen molar-refractivity contribution in [3.8, 4) is 17.2 Å². The molecule has 1 unspecified atom stereocenters. The van der Waals surface area contributed by atoms with Crippen LogP contribution in [0, 0.1) is 0 Å². The molecule has 2 aromatic carbocycles. The number of rotatable bonds is 5. The largest absolute Gasteiger partial charge is 0.508 e. The summed E-state index contributed by atoms with van der Waals surface area (Å²) in [5, 5.41) is 24.5. The normalized spacial score (nSPS) is 15.6. The minimum Gasteiger partial charge on any atom is -0.508 e. The van der Waals surface area contributed by atoms with Gasteiger partial charge in [-0.25, -0.2) is 0 Å². The first-order valence-electron chi connectivity index (χ1n) is 8.42. The number of phenolic OH excluding ortho intramolecular Hbond substituents is 1. The molecule has 1 aliphatic rings. The van der Waals surface area contributed by atoms with Crippen LogP contribution in [-0.4, -0.2) is 43.6 Å². The molecule has 0 radical (unpaired) electrons. The number of nitrogens with one attached hydrogen (secondary N) is 1. The van der Waals surface area contributed by atoms with E-state index < -0.39 is 0 Å². The van der Waals surface area contributed by atoms with Crippen LogP contribution in [0.15, 0.2) is 53.7 Å². The molecule has 2 N–H and O–H groups in total. The molecule has 2 heterocycles. The number of benzene rings is 2. The van der Waals surface area contributed by atoms with Gasteiger partial charge in [0.2, 0.25) is 11.1 Å². The lowest BCUT2D eigenvalue weighted by atomic mass is 10.0. The number of carbonyl (C=O) groups is 1. The first kappa shape index (κ1) is 17.3. The number of phenols is 1. The van der Waals surface area contributed by atoms with Crippen molar-refractivity contribution in [2.24, 2.45) is 0 Å². The van der Waals surface area contributed by atoms with E-state index >= 15 is 0 Å². The summed E-state index contributed by atoms with van der Waals surface area (Å²) in [6.07, 6.45) is 0.735. The van der Waals surface area contributed by atoms with Crippen molar-refractivity contribution < 1.29 is 14.6 Å². The van der Waals surface area contributed by atoms with Crippen molar-refractivity contribution in [1.29, 1.82) is 0 Å². The second-order valence-corrected chi connectivity index (χ2v) is 6.92. The second kappa shape index (κ2) is 7.67. The van der Waals surface area contributed by atoms with Crippen LogP contribution in [0.3, 0.4) is 0 Å². The summed E-state index contributed by atoms with van der Waals surface area (Å²) in [4.78, 5) is 12.4. The fourth-order valence-corrected chi connectivity index (χ4v) is 3.58. The highest BCUT2D eigenvalue weighted by Gasteiger charge is 2.23. The Bertz CT molecular complexity index is 944. The van der Waals surface area contributed by atoms with Gasteiger partial charge in [-0.2, -0.15) is 4.68 Å². The van der Waals surface area contributed by atoms with Gasteiger partial charge in [-0.05, 0) is 40.8 Å². The maximum absolute atomic E-state index is 12.4. The zero-order chi connectivity index (χ0) is 18.6. The molecule has 8 nitrogen and oxygen atoms in total. The van der Waals surface area contributed by atoms with Gasteiger partial charge in [-0.1, -0.05) is 30.0 Å². The molecule has 1 amide bonds. The van der Waals surface area contributed by atoms with Gasteiger partial charge in [0, 0.05) is 12.0 Å². The van der Waals surface area contributed by atoms with Gasteiger partial charge in [0.1, 0.15) is 11.5 Å². The number of nitrogens with zero attached hydrogens (tertiary/aromatic N) is 4. The topological polar surface area (TPSA) is 102 Å². The lowest BCUT2D eigenvalue weighted by Crippen LogP contribution is -2.33. The lowest BCUT2D eigenvalue weighted by molar-refractivity contribution is -0.119. The molecule has 3 aromatic rings. The minimum absolute atomic E-state index is 0.0591. The van der Waals surface area contributed by atoms with E-state index in [0.29, 0.717) is 17.5 Å². The highest BCUT2D eigenvalue weighted by Crippen LogP contribution is 2.31. The third-order valence-corrected chi connectivity index (χ3v) is 5.08. The van der Waals surface area contributed by atoms with Crippen molar-refractivity contribution in [3.63, 3.8) is 0 Å². The smallest absolute Gasteiger partial charge is 0.230 e. The molecule has 138 valence electrons. The lowest BCUT2D eigenvalue weighted by Gasteiger charge is -2.26. The fourth-order valence-electron chi connectivity index (χ4n) is 2.88. The summed E-state index contributed by atoms with van der Waals surface area (Å²) < 4.78 is 7.15. The molecule has 1 aromatic heterocycles. The number of tetrazole rings is 1. The summed E-state index contributed by atoms with van der Waals surface area (Å²) in [5.74, 6) is 1.08. The van der Waals surface area contributed by atoms with Gasteiger partial charge in [0.25, 0.3) is 0 Å². The van der Waals surface area contributed by atoms with Crippen LogP contribution in [0.2, 0.25) is 0 Å². The van der Waals surface area contributed by atoms with Crippen molar-refractivity contribution in [2.45, 2.75) is 17.6 Å². The molecule has 4 rings (SSSR count). The van der Waals surface area contributed by atoms with Crippen LogP contribution in [0.1, 0.15) is 18.0 Å². The number of hydrogen-bond donors (Lipinski definition) is 2. The van der Waals surface area contributed by atoms with E-state index in [0.717, 1.165) is 17.7 Å². The van der Waals surface area contributed by atoms with E-state index in [4.69, 9.17) is 4.74 Å². The van der Waals surface area contributed by atoms with Crippen LogP contribution in [0.4, 0.5) is 0 Å². The Kier molecular flexibility index (Phi) is 4.93. The first-order valence-corrected chi connectivity index (χ1v) is 9.41. The van der Waals surface area contributed by atoms with E-state index in [2.05, 4.69) is 20.8 Å². The number of thioether (sulfide) groups is 1. The number of para-hydroxylation sites is 1. The number of hydrogen-bond acceptors (Lipinski definition) is 7. The van der Waals surface area contributed by atoms with E-state index in [1.54, 1.807) is 24.3 Å². The SMILES string of the molecule is O=C(CSc1nnnn1-c1ccc(O)cc1)NC1CCOc2ccccc21. The number of amides is 1. The predicted octanol–water partition coefficient (Wildman–Crippen LogP) is 2.10. The van der Waals surface area contributed by atoms with Gasteiger partial charge in [0.05, 0.1) is 24.1 Å². The van der Waals surface area contributed by atoms with E-state index in [1.165, 1.54) is 16.4 Å². The van der Waals surface area contributed by atoms with Crippen molar-refractivity contribution in [3.05, 3.63) is 54.1 Å². The number of ether oxygens (including phenoxy) is 1.